The number of rotatable bonds is 7. The lowest BCUT2D eigenvalue weighted by Crippen LogP contribution is -2.34. The maximum absolute atomic E-state index is 11.9. The third-order valence-electron chi connectivity index (χ3n) is 3.72. The second-order valence-electron chi connectivity index (χ2n) is 5.77. The maximum Gasteiger partial charge on any atom is 0.336 e. The van der Waals surface area contributed by atoms with Crippen LogP contribution in [0.5, 0.6) is 5.75 Å². The van der Waals surface area contributed by atoms with E-state index in [1.807, 2.05) is 6.07 Å². The van der Waals surface area contributed by atoms with Crippen LogP contribution in [-0.4, -0.2) is 25.0 Å². The number of halogens is 1. The summed E-state index contributed by atoms with van der Waals surface area (Å²) in [5.41, 5.74) is 0.369. The van der Waals surface area contributed by atoms with Crippen LogP contribution in [0.25, 0.3) is 11.0 Å². The molecule has 1 amide bonds. The number of hydrogen-bond donors (Lipinski definition) is 1. The van der Waals surface area contributed by atoms with Gasteiger partial charge in [-0.3, -0.25) is 9.59 Å². The van der Waals surface area contributed by atoms with Gasteiger partial charge in [-0.25, -0.2) is 4.79 Å². The van der Waals surface area contributed by atoms with Crippen molar-refractivity contribution in [1.82, 2.24) is 5.32 Å². The highest BCUT2D eigenvalue weighted by atomic mass is 79.9. The molecule has 0 aliphatic heterocycles. The molecule has 0 aliphatic rings. The van der Waals surface area contributed by atoms with Crippen molar-refractivity contribution in [2.75, 3.05) is 13.2 Å². The predicted molar refractivity (Wildman–Crippen MR) is 105 cm³/mol. The zero-order chi connectivity index (χ0) is 19.9. The summed E-state index contributed by atoms with van der Waals surface area (Å²) >= 11 is 3.31. The minimum atomic E-state index is -0.633. The molecule has 28 heavy (non-hydrogen) atoms. The largest absolute Gasteiger partial charge is 0.484 e. The third-order valence-corrected chi connectivity index (χ3v) is 4.22. The van der Waals surface area contributed by atoms with E-state index in [0.29, 0.717) is 22.3 Å². The molecule has 0 aliphatic carbocycles. The Kier molecular flexibility index (Phi) is 6.44. The summed E-state index contributed by atoms with van der Waals surface area (Å²) in [4.78, 5) is 35.3. The van der Waals surface area contributed by atoms with Gasteiger partial charge >= 0.3 is 11.6 Å². The first kappa shape index (κ1) is 19.6. The van der Waals surface area contributed by atoms with Gasteiger partial charge in [-0.15, -0.1) is 0 Å². The average molecular weight is 446 g/mol. The summed E-state index contributed by atoms with van der Waals surface area (Å²) in [5, 5.41) is 3.08. The molecule has 1 N–H and O–H groups in total. The van der Waals surface area contributed by atoms with Gasteiger partial charge in [0.25, 0.3) is 5.91 Å². The van der Waals surface area contributed by atoms with Crippen molar-refractivity contribution in [3.63, 3.8) is 0 Å². The molecule has 0 fully saturated rings. The van der Waals surface area contributed by atoms with Crippen molar-refractivity contribution in [2.45, 2.75) is 6.61 Å². The van der Waals surface area contributed by atoms with Crippen molar-refractivity contribution in [1.29, 1.82) is 0 Å². The molecular weight excluding hydrogens is 430 g/mol. The van der Waals surface area contributed by atoms with Crippen LogP contribution in [0.3, 0.4) is 0 Å². The van der Waals surface area contributed by atoms with E-state index in [1.165, 1.54) is 6.07 Å². The molecule has 8 heteroatoms. The van der Waals surface area contributed by atoms with Crippen LogP contribution in [0.2, 0.25) is 0 Å². The number of amides is 1. The molecule has 0 saturated heterocycles. The van der Waals surface area contributed by atoms with Gasteiger partial charge in [-0.05, 0) is 30.3 Å². The number of hydrogen-bond acceptors (Lipinski definition) is 6. The number of nitrogens with one attached hydrogen (secondary N) is 1. The smallest absolute Gasteiger partial charge is 0.336 e. The lowest BCUT2D eigenvalue weighted by molar-refractivity contribution is -0.145. The van der Waals surface area contributed by atoms with Crippen molar-refractivity contribution >= 4 is 38.8 Å². The Bertz CT molecular complexity index is 1050. The Morgan fingerprint density at radius 2 is 1.86 bits per heavy atom. The Labute approximate surface area is 168 Å². The molecule has 0 atom stereocenters. The quantitative estimate of drug-likeness (QED) is 0.443. The molecule has 144 valence electrons. The predicted octanol–water partition coefficient (Wildman–Crippen LogP) is 2.79. The lowest BCUT2D eigenvalue weighted by Gasteiger charge is -2.09. The summed E-state index contributed by atoms with van der Waals surface area (Å²) in [6.07, 6.45) is 0. The van der Waals surface area contributed by atoms with Crippen molar-refractivity contribution in [3.8, 4) is 5.75 Å². The summed E-state index contributed by atoms with van der Waals surface area (Å²) < 4.78 is 16.3. The number of benzene rings is 2. The summed E-state index contributed by atoms with van der Waals surface area (Å²) in [6.45, 7) is -0.628. The molecule has 0 unspecified atom stereocenters. The molecule has 0 saturated carbocycles. The number of para-hydroxylation sites is 1. The monoisotopic (exact) mass is 445 g/mol. The van der Waals surface area contributed by atoms with Crippen molar-refractivity contribution in [2.24, 2.45) is 0 Å². The van der Waals surface area contributed by atoms with Gasteiger partial charge in [0.05, 0.1) is 0 Å². The third kappa shape index (κ3) is 5.43. The van der Waals surface area contributed by atoms with Crippen LogP contribution in [0.15, 0.2) is 68.3 Å². The molecule has 0 bridgehead atoms. The van der Waals surface area contributed by atoms with Gasteiger partial charge in [-0.2, -0.15) is 0 Å². The first-order chi connectivity index (χ1) is 13.5. The van der Waals surface area contributed by atoms with Crippen LogP contribution in [0.4, 0.5) is 0 Å². The molecule has 1 aromatic heterocycles. The maximum atomic E-state index is 11.9. The molecule has 3 aromatic rings. The number of ether oxygens (including phenoxy) is 2. The van der Waals surface area contributed by atoms with E-state index in [4.69, 9.17) is 13.9 Å². The molecule has 0 spiro atoms. The van der Waals surface area contributed by atoms with Gasteiger partial charge < -0.3 is 19.2 Å². The van der Waals surface area contributed by atoms with E-state index in [2.05, 4.69) is 21.2 Å². The second-order valence-corrected chi connectivity index (χ2v) is 6.69. The number of esters is 1. The standard InChI is InChI=1S/C20H16BrNO6/c21-14-6-7-16-13(8-19(24)28-17(16)9-14)11-27-20(25)10-22-18(23)12-26-15-4-2-1-3-5-15/h1-9H,10-12H2,(H,22,23). The van der Waals surface area contributed by atoms with Crippen molar-refractivity contribution in [3.05, 3.63) is 75.1 Å². The highest BCUT2D eigenvalue weighted by Crippen LogP contribution is 2.22. The van der Waals surface area contributed by atoms with E-state index >= 15 is 0 Å². The van der Waals surface area contributed by atoms with Gasteiger partial charge in [-0.1, -0.05) is 34.1 Å². The van der Waals surface area contributed by atoms with Crippen LogP contribution in [0, 0.1) is 0 Å². The highest BCUT2D eigenvalue weighted by Gasteiger charge is 2.11. The Morgan fingerprint density at radius 1 is 1.07 bits per heavy atom. The fraction of sp³-hybridized carbons (Fsp3) is 0.150. The Hall–Kier alpha value is -3.13. The SMILES string of the molecule is O=C(COc1ccccc1)NCC(=O)OCc1cc(=O)oc2cc(Br)ccc12. The number of carbonyl (C=O) groups excluding carboxylic acids is 2. The minimum Gasteiger partial charge on any atom is -0.484 e. The molecule has 1 heterocycles. The zero-order valence-electron chi connectivity index (χ0n) is 14.6. The number of carbonyl (C=O) groups is 2. The zero-order valence-corrected chi connectivity index (χ0v) is 16.2. The topological polar surface area (TPSA) is 94.8 Å². The van der Waals surface area contributed by atoms with E-state index in [-0.39, 0.29) is 19.8 Å². The second kappa shape index (κ2) is 9.18. The van der Waals surface area contributed by atoms with E-state index < -0.39 is 17.5 Å². The molecule has 3 rings (SSSR count). The van der Waals surface area contributed by atoms with Crippen LogP contribution >= 0.6 is 15.9 Å². The first-order valence-electron chi connectivity index (χ1n) is 8.34. The van der Waals surface area contributed by atoms with Gasteiger partial charge in [0.1, 0.15) is 24.5 Å². The van der Waals surface area contributed by atoms with Gasteiger partial charge in [0.15, 0.2) is 6.61 Å². The Balaban J connectivity index is 1.50. The summed E-state index contributed by atoms with van der Waals surface area (Å²) in [6, 6.07) is 15.3. The fourth-order valence-corrected chi connectivity index (χ4v) is 2.76. The fourth-order valence-electron chi connectivity index (χ4n) is 2.42. The summed E-state index contributed by atoms with van der Waals surface area (Å²) in [5.74, 6) is -0.523. The molecule has 2 aromatic carbocycles. The highest BCUT2D eigenvalue weighted by molar-refractivity contribution is 9.10. The Morgan fingerprint density at radius 3 is 2.64 bits per heavy atom. The normalized spacial score (nSPS) is 10.5. The molecular formula is C20H16BrNO6. The minimum absolute atomic E-state index is 0.112. The van der Waals surface area contributed by atoms with E-state index in [0.717, 1.165) is 4.47 Å². The molecule has 7 nitrogen and oxygen atoms in total. The van der Waals surface area contributed by atoms with Crippen LogP contribution in [0.1, 0.15) is 5.56 Å². The average Bonchev–Trinajstić information content (AvgIpc) is 2.69. The van der Waals surface area contributed by atoms with Gasteiger partial charge in [0.2, 0.25) is 0 Å². The van der Waals surface area contributed by atoms with E-state index in [1.54, 1.807) is 42.5 Å². The van der Waals surface area contributed by atoms with Crippen LogP contribution in [-0.2, 0) is 20.9 Å². The van der Waals surface area contributed by atoms with Gasteiger partial charge in [0, 0.05) is 21.5 Å². The van der Waals surface area contributed by atoms with Crippen LogP contribution < -0.4 is 15.7 Å². The van der Waals surface area contributed by atoms with Crippen molar-refractivity contribution < 1.29 is 23.5 Å². The van der Waals surface area contributed by atoms with E-state index in [9.17, 15) is 14.4 Å². The number of fused-ring (bicyclic) bond motifs is 1. The molecule has 0 radical (unpaired) electrons. The first-order valence-corrected chi connectivity index (χ1v) is 9.13. The summed E-state index contributed by atoms with van der Waals surface area (Å²) in [7, 11) is 0. The lowest BCUT2D eigenvalue weighted by atomic mass is 10.1.